The Hall–Kier alpha value is -0.810. The van der Waals surface area contributed by atoms with Crippen molar-refractivity contribution >= 4 is 46.7 Å². The molecule has 4 rings (SSSR count). The smallest absolute Gasteiger partial charge is 0.167 e. The van der Waals surface area contributed by atoms with Crippen LogP contribution in [0, 0.1) is 0 Å². The molecule has 118 valence electrons. The lowest BCUT2D eigenvalue weighted by Gasteiger charge is -2.39. The number of aliphatic hydroxyl groups excluding tert-OH is 1. The Morgan fingerprint density at radius 1 is 1.45 bits per heavy atom. The lowest BCUT2D eigenvalue weighted by molar-refractivity contribution is -0.0528. The van der Waals surface area contributed by atoms with E-state index in [-0.39, 0.29) is 12.4 Å². The number of fused-ring (bicyclic) bond motifs is 2. The van der Waals surface area contributed by atoms with Gasteiger partial charge in [-0.2, -0.15) is 0 Å². The fourth-order valence-electron chi connectivity index (χ4n) is 2.61. The number of aromatic nitrogens is 4. The second kappa shape index (κ2) is 5.10. The third-order valence-electron chi connectivity index (χ3n) is 3.62. The van der Waals surface area contributed by atoms with Crippen LogP contribution in [0.15, 0.2) is 12.7 Å². The molecule has 0 amide bonds. The number of anilines is 1. The molecule has 12 heteroatoms. The van der Waals surface area contributed by atoms with Crippen molar-refractivity contribution < 1.29 is 18.9 Å². The molecule has 0 spiro atoms. The van der Waals surface area contributed by atoms with Crippen LogP contribution < -0.4 is 5.73 Å². The van der Waals surface area contributed by atoms with Crippen molar-refractivity contribution in [3.8, 4) is 0 Å². The Labute approximate surface area is 135 Å². The number of hydrogen-bond donors (Lipinski definition) is 2. The zero-order valence-corrected chi connectivity index (χ0v) is 13.5. The number of ether oxygens (including phenoxy) is 1. The summed E-state index contributed by atoms with van der Waals surface area (Å²) in [6, 6.07) is 0. The normalized spacial score (nSPS) is 38.3. The lowest BCUT2D eigenvalue weighted by atomic mass is 10.1. The Morgan fingerprint density at radius 3 is 3.09 bits per heavy atom. The van der Waals surface area contributed by atoms with E-state index in [0.29, 0.717) is 11.2 Å². The van der Waals surface area contributed by atoms with Crippen molar-refractivity contribution in [2.24, 2.45) is 0 Å². The van der Waals surface area contributed by atoms with Crippen molar-refractivity contribution in [3.05, 3.63) is 12.7 Å². The van der Waals surface area contributed by atoms with Gasteiger partial charge in [-0.25, -0.2) is 15.0 Å². The van der Waals surface area contributed by atoms with Crippen LogP contribution in [-0.2, 0) is 37.8 Å². The molecule has 5 atom stereocenters. The van der Waals surface area contributed by atoms with Gasteiger partial charge in [0, 0.05) is 0 Å². The van der Waals surface area contributed by atoms with E-state index < -0.39 is 30.2 Å². The molecule has 0 bridgehead atoms. The highest BCUT2D eigenvalue weighted by Crippen LogP contribution is 2.54. The predicted molar refractivity (Wildman–Crippen MR) is 82.1 cm³/mol. The van der Waals surface area contributed by atoms with Gasteiger partial charge in [0.25, 0.3) is 0 Å². The summed E-state index contributed by atoms with van der Waals surface area (Å²) in [5.41, 5.74) is 3.92. The van der Waals surface area contributed by atoms with Gasteiger partial charge < -0.3 is 36.9 Å². The van der Waals surface area contributed by atoms with Gasteiger partial charge in [-0.05, 0) is 0 Å². The largest absolute Gasteiger partial charge is 0.691 e. The molecular weight excluding hydrogens is 349 g/mol. The molecule has 4 heterocycles. The first-order chi connectivity index (χ1) is 10.5. The predicted octanol–water partition coefficient (Wildman–Crippen LogP) is -0.146. The molecule has 3 N–H and O–H groups in total. The van der Waals surface area contributed by atoms with Gasteiger partial charge >= 0.3 is 0 Å². The number of hydrogen-bond acceptors (Lipinski definition) is 10. The third kappa shape index (κ3) is 2.24. The molecule has 0 aliphatic carbocycles. The van der Waals surface area contributed by atoms with Gasteiger partial charge in [-0.1, -0.05) is 11.8 Å². The SMILES string of the molecule is Nc1ncnc2c1ncn2C1OC2COP(=S)([S-])OC2C1O. The quantitative estimate of drug-likeness (QED) is 0.525. The molecule has 0 radical (unpaired) electrons. The first kappa shape index (κ1) is 14.8. The van der Waals surface area contributed by atoms with Crippen LogP contribution in [0.1, 0.15) is 6.23 Å². The van der Waals surface area contributed by atoms with E-state index in [9.17, 15) is 5.11 Å². The van der Waals surface area contributed by atoms with Gasteiger partial charge in [0.15, 0.2) is 17.7 Å². The van der Waals surface area contributed by atoms with E-state index in [1.165, 1.54) is 12.7 Å². The van der Waals surface area contributed by atoms with E-state index in [1.54, 1.807) is 4.57 Å². The van der Waals surface area contributed by atoms with Crippen molar-refractivity contribution in [1.29, 1.82) is 0 Å². The Kier molecular flexibility index (Phi) is 3.42. The van der Waals surface area contributed by atoms with Crippen molar-refractivity contribution in [2.75, 3.05) is 12.3 Å². The van der Waals surface area contributed by atoms with Gasteiger partial charge in [0.1, 0.15) is 30.2 Å². The van der Waals surface area contributed by atoms with Crippen LogP contribution in [0.4, 0.5) is 5.82 Å². The molecular formula is C10H11N5O4PS2-. The summed E-state index contributed by atoms with van der Waals surface area (Å²) >= 11 is 10.1. The number of rotatable bonds is 1. The third-order valence-corrected chi connectivity index (χ3v) is 5.73. The first-order valence-corrected chi connectivity index (χ1v) is 10.0. The lowest BCUT2D eigenvalue weighted by Crippen LogP contribution is -2.38. The maximum absolute atomic E-state index is 10.5. The molecule has 2 aliphatic heterocycles. The molecule has 2 aromatic heterocycles. The minimum absolute atomic E-state index is 0.197. The molecule has 22 heavy (non-hydrogen) atoms. The van der Waals surface area contributed by atoms with Crippen LogP contribution in [0.5, 0.6) is 0 Å². The monoisotopic (exact) mass is 360 g/mol. The fraction of sp³-hybridized carbons (Fsp3) is 0.500. The van der Waals surface area contributed by atoms with Crippen LogP contribution in [0.2, 0.25) is 0 Å². The van der Waals surface area contributed by atoms with E-state index in [0.717, 1.165) is 0 Å². The highest BCUT2D eigenvalue weighted by Gasteiger charge is 2.49. The summed E-state index contributed by atoms with van der Waals surface area (Å²) in [7, 11) is 0. The second-order valence-electron chi connectivity index (χ2n) is 4.95. The van der Waals surface area contributed by atoms with Gasteiger partial charge in [0.05, 0.1) is 18.6 Å². The maximum atomic E-state index is 10.5. The van der Waals surface area contributed by atoms with Crippen LogP contribution >= 0.6 is 5.69 Å². The topological polar surface area (TPSA) is 118 Å². The average molecular weight is 360 g/mol. The highest BCUT2D eigenvalue weighted by molar-refractivity contribution is 8.51. The van der Waals surface area contributed by atoms with E-state index in [4.69, 9.17) is 43.6 Å². The van der Waals surface area contributed by atoms with Crippen molar-refractivity contribution in [2.45, 2.75) is 24.5 Å². The summed E-state index contributed by atoms with van der Waals surface area (Å²) in [5.74, 6) is 0.259. The van der Waals surface area contributed by atoms with Crippen LogP contribution in [-0.4, -0.2) is 49.5 Å². The summed E-state index contributed by atoms with van der Waals surface area (Å²) < 4.78 is 18.2. The zero-order valence-electron chi connectivity index (χ0n) is 11.0. The summed E-state index contributed by atoms with van der Waals surface area (Å²) in [4.78, 5) is 12.2. The van der Waals surface area contributed by atoms with Crippen molar-refractivity contribution in [3.63, 3.8) is 0 Å². The fourth-order valence-corrected chi connectivity index (χ4v) is 4.52. The number of nitrogen functional groups attached to an aromatic ring is 1. The number of aliphatic hydroxyl groups is 1. The number of nitrogens with zero attached hydrogens (tertiary/aromatic N) is 4. The molecule has 5 unspecified atom stereocenters. The van der Waals surface area contributed by atoms with Gasteiger partial charge in [0.2, 0.25) is 0 Å². The zero-order chi connectivity index (χ0) is 15.5. The summed E-state index contributed by atoms with van der Waals surface area (Å²) in [6.45, 7) is 0.197. The molecule has 2 aromatic rings. The summed E-state index contributed by atoms with van der Waals surface area (Å²) in [5, 5.41) is 10.5. The van der Waals surface area contributed by atoms with E-state index in [1.807, 2.05) is 0 Å². The number of nitrogens with two attached hydrogens (primary N) is 1. The second-order valence-corrected chi connectivity index (χ2v) is 9.89. The molecule has 0 aromatic carbocycles. The minimum atomic E-state index is -2.75. The van der Waals surface area contributed by atoms with E-state index in [2.05, 4.69) is 15.0 Å². The summed E-state index contributed by atoms with van der Waals surface area (Å²) in [6.07, 6.45) is 0.0430. The molecule has 2 fully saturated rings. The van der Waals surface area contributed by atoms with Crippen molar-refractivity contribution in [1.82, 2.24) is 19.5 Å². The maximum Gasteiger partial charge on any atom is 0.167 e. The standard InChI is InChI=1S/C10H12N5O4PS2/c11-8-5-9(13-2-12-8)15(3-14-5)10-6(16)7-4(18-10)1-17-20(21,22)19-7/h2-4,6-7,10,16H,1H2,(H,21,22)(H2,11,12,13)/p-1. The Bertz CT molecular complexity index is 788. The van der Waals surface area contributed by atoms with Crippen LogP contribution in [0.3, 0.4) is 0 Å². The van der Waals surface area contributed by atoms with Gasteiger partial charge in [-0.3, -0.25) is 4.57 Å². The minimum Gasteiger partial charge on any atom is -0.691 e. The molecule has 2 saturated heterocycles. The van der Waals surface area contributed by atoms with Gasteiger partial charge in [-0.15, -0.1) is 0 Å². The molecule has 2 aliphatic rings. The average Bonchev–Trinajstić information content (AvgIpc) is 3.01. The highest BCUT2D eigenvalue weighted by atomic mass is 32.9. The van der Waals surface area contributed by atoms with E-state index >= 15 is 0 Å². The molecule has 0 saturated carbocycles. The van der Waals surface area contributed by atoms with Crippen LogP contribution in [0.25, 0.3) is 11.2 Å². The Balaban J connectivity index is 1.71. The Morgan fingerprint density at radius 2 is 2.27 bits per heavy atom. The number of imidazole rings is 1. The first-order valence-electron chi connectivity index (χ1n) is 6.37. The molecule has 9 nitrogen and oxygen atoms in total.